The molecule has 0 bridgehead atoms. The molecule has 4 rings (SSSR count). The average molecular weight is 521 g/mol. The second kappa shape index (κ2) is 9.62. The molecule has 0 aromatic heterocycles. The third kappa shape index (κ3) is 6.33. The Labute approximate surface area is 195 Å². The van der Waals surface area contributed by atoms with Gasteiger partial charge in [0.15, 0.2) is 0 Å². The Hall–Kier alpha value is -2.52. The number of nitrogens with two attached hydrogens (primary N) is 2. The Morgan fingerprint density at radius 3 is 1.91 bits per heavy atom. The fraction of sp³-hybridized carbons (Fsp3) is 0.350. The van der Waals surface area contributed by atoms with Crippen LogP contribution in [-0.2, 0) is 50.8 Å². The highest BCUT2D eigenvalue weighted by Gasteiger charge is 2.43. The molecule has 2 aliphatic heterocycles. The number of sulfonamides is 2. The van der Waals surface area contributed by atoms with Crippen molar-refractivity contribution in [2.45, 2.75) is 41.9 Å². The van der Waals surface area contributed by atoms with Gasteiger partial charge in [0, 0.05) is 19.6 Å². The zero-order chi connectivity index (χ0) is 25.3. The second-order valence-corrected chi connectivity index (χ2v) is 11.0. The first kappa shape index (κ1) is 26.1. The highest BCUT2D eigenvalue weighted by atomic mass is 32.2. The summed E-state index contributed by atoms with van der Waals surface area (Å²) in [6.07, 6.45) is -3.75. The second-order valence-electron chi connectivity index (χ2n) is 7.85. The predicted octanol–water partition coefficient (Wildman–Crippen LogP) is 0.761. The zero-order valence-corrected chi connectivity index (χ0v) is 19.4. The Morgan fingerprint density at radius 2 is 1.38 bits per heavy atom. The van der Waals surface area contributed by atoms with Gasteiger partial charge in [-0.15, -0.1) is 0 Å². The van der Waals surface area contributed by atoms with Crippen LogP contribution in [0.3, 0.4) is 0 Å². The normalized spacial score (nSPS) is 16.1. The first-order valence-corrected chi connectivity index (χ1v) is 13.1. The van der Waals surface area contributed by atoms with Crippen LogP contribution in [0.25, 0.3) is 0 Å². The SMILES string of the molecule is NS(=O)(=O)c1ccc2c(c1)CN(C(=O)C(F)(F)F)CC2.NS(=O)(=O)c1ccc2c(c1)CNCC2. The van der Waals surface area contributed by atoms with E-state index >= 15 is 0 Å². The van der Waals surface area contributed by atoms with Gasteiger partial charge in [-0.3, -0.25) is 4.79 Å². The molecule has 2 aromatic carbocycles. The molecule has 186 valence electrons. The molecule has 14 heteroatoms. The van der Waals surface area contributed by atoms with Crippen LogP contribution in [0.4, 0.5) is 13.2 Å². The van der Waals surface area contributed by atoms with Crippen molar-refractivity contribution in [2.24, 2.45) is 10.3 Å². The molecule has 1 amide bonds. The van der Waals surface area contributed by atoms with E-state index in [4.69, 9.17) is 10.3 Å². The van der Waals surface area contributed by atoms with Crippen LogP contribution in [0.15, 0.2) is 46.2 Å². The van der Waals surface area contributed by atoms with Gasteiger partial charge in [0.1, 0.15) is 0 Å². The molecule has 2 heterocycles. The molecule has 0 saturated carbocycles. The summed E-state index contributed by atoms with van der Waals surface area (Å²) in [4.78, 5) is 11.8. The van der Waals surface area contributed by atoms with Gasteiger partial charge in [0.25, 0.3) is 0 Å². The number of carbonyl (C=O) groups is 1. The van der Waals surface area contributed by atoms with Crippen molar-refractivity contribution in [3.05, 3.63) is 58.7 Å². The summed E-state index contributed by atoms with van der Waals surface area (Å²) in [6, 6.07) is 9.08. The number of carbonyl (C=O) groups excluding carboxylic acids is 1. The van der Waals surface area contributed by atoms with Crippen molar-refractivity contribution in [1.29, 1.82) is 0 Å². The van der Waals surface area contributed by atoms with E-state index in [9.17, 15) is 34.8 Å². The monoisotopic (exact) mass is 520 g/mol. The number of primary sulfonamides is 2. The van der Waals surface area contributed by atoms with Crippen LogP contribution in [-0.4, -0.2) is 46.9 Å². The molecular weight excluding hydrogens is 497 g/mol. The van der Waals surface area contributed by atoms with E-state index in [1.165, 1.54) is 23.8 Å². The van der Waals surface area contributed by atoms with Gasteiger partial charge in [-0.2, -0.15) is 13.2 Å². The van der Waals surface area contributed by atoms with Gasteiger partial charge in [-0.1, -0.05) is 12.1 Å². The van der Waals surface area contributed by atoms with Crippen molar-refractivity contribution in [1.82, 2.24) is 10.2 Å². The van der Waals surface area contributed by atoms with Crippen LogP contribution >= 0.6 is 0 Å². The van der Waals surface area contributed by atoms with E-state index in [1.807, 2.05) is 6.07 Å². The number of hydrogen-bond acceptors (Lipinski definition) is 6. The van der Waals surface area contributed by atoms with E-state index in [0.717, 1.165) is 25.1 Å². The number of alkyl halides is 3. The molecule has 0 spiro atoms. The summed E-state index contributed by atoms with van der Waals surface area (Å²) < 4.78 is 81.7. The number of nitrogens with zero attached hydrogens (tertiary/aromatic N) is 1. The van der Waals surface area contributed by atoms with E-state index in [-0.39, 0.29) is 29.3 Å². The highest BCUT2D eigenvalue weighted by Crippen LogP contribution is 2.26. The highest BCUT2D eigenvalue weighted by molar-refractivity contribution is 7.89. The summed E-state index contributed by atoms with van der Waals surface area (Å²) >= 11 is 0. The van der Waals surface area contributed by atoms with Gasteiger partial charge < -0.3 is 10.2 Å². The van der Waals surface area contributed by atoms with Gasteiger partial charge in [-0.05, 0) is 65.9 Å². The lowest BCUT2D eigenvalue weighted by Gasteiger charge is -2.29. The Kier molecular flexibility index (Phi) is 7.38. The van der Waals surface area contributed by atoms with Crippen molar-refractivity contribution in [2.75, 3.05) is 13.1 Å². The maximum Gasteiger partial charge on any atom is 0.471 e. The van der Waals surface area contributed by atoms with Gasteiger partial charge in [0.05, 0.1) is 9.79 Å². The third-order valence-electron chi connectivity index (χ3n) is 5.44. The van der Waals surface area contributed by atoms with Crippen LogP contribution in [0.1, 0.15) is 22.3 Å². The van der Waals surface area contributed by atoms with Crippen LogP contribution in [0, 0.1) is 0 Å². The molecule has 0 atom stereocenters. The zero-order valence-electron chi connectivity index (χ0n) is 17.8. The molecule has 9 nitrogen and oxygen atoms in total. The summed E-state index contributed by atoms with van der Waals surface area (Å²) in [6.45, 7) is 1.33. The largest absolute Gasteiger partial charge is 0.471 e. The van der Waals surface area contributed by atoms with E-state index in [2.05, 4.69) is 5.32 Å². The summed E-state index contributed by atoms with van der Waals surface area (Å²) in [5.41, 5.74) is 3.31. The van der Waals surface area contributed by atoms with Crippen LogP contribution in [0.5, 0.6) is 0 Å². The number of amides is 1. The molecule has 34 heavy (non-hydrogen) atoms. The molecular formula is C20H23F3N4O5S2. The predicted molar refractivity (Wildman–Crippen MR) is 116 cm³/mol. The number of rotatable bonds is 2. The van der Waals surface area contributed by atoms with Crippen LogP contribution in [0.2, 0.25) is 0 Å². The minimum atomic E-state index is -4.94. The smallest absolute Gasteiger partial charge is 0.330 e. The minimum absolute atomic E-state index is 0.0555. The molecule has 0 unspecified atom stereocenters. The lowest BCUT2D eigenvalue weighted by atomic mass is 10.00. The number of halogens is 3. The standard InChI is InChI=1S/C11H11F3N2O3S.C9H12N2O2S/c12-11(13,14)10(17)16-4-3-7-1-2-9(20(15,18)19)5-8(7)6-16;10-14(12,13)9-2-1-7-3-4-11-6-8(7)5-9/h1-2,5H,3-4,6H2,(H2,15,18,19);1-2,5,11H,3-4,6H2,(H2,10,12,13). The van der Waals surface area contributed by atoms with E-state index in [0.29, 0.717) is 16.0 Å². The number of nitrogens with one attached hydrogen (secondary N) is 1. The fourth-order valence-electron chi connectivity index (χ4n) is 3.70. The number of fused-ring (bicyclic) bond motifs is 2. The summed E-state index contributed by atoms with van der Waals surface area (Å²) in [5.74, 6) is -1.93. The summed E-state index contributed by atoms with van der Waals surface area (Å²) in [5, 5.41) is 13.2. The van der Waals surface area contributed by atoms with Crippen LogP contribution < -0.4 is 15.6 Å². The maximum absolute atomic E-state index is 12.4. The van der Waals surface area contributed by atoms with E-state index < -0.39 is 32.1 Å². The maximum atomic E-state index is 12.4. The molecule has 0 fully saturated rings. The van der Waals surface area contributed by atoms with Gasteiger partial charge >= 0.3 is 12.1 Å². The number of hydrogen-bond donors (Lipinski definition) is 3. The van der Waals surface area contributed by atoms with Crippen molar-refractivity contribution in [3.8, 4) is 0 Å². The Balaban J connectivity index is 0.000000202. The summed E-state index contributed by atoms with van der Waals surface area (Å²) in [7, 11) is -7.49. The quantitative estimate of drug-likeness (QED) is 0.532. The lowest BCUT2D eigenvalue weighted by Crippen LogP contribution is -2.43. The molecule has 0 saturated heterocycles. The third-order valence-corrected chi connectivity index (χ3v) is 7.26. The Morgan fingerprint density at radius 1 is 0.853 bits per heavy atom. The first-order chi connectivity index (χ1) is 15.7. The molecule has 0 aliphatic carbocycles. The van der Waals surface area contributed by atoms with Crippen molar-refractivity contribution in [3.63, 3.8) is 0 Å². The van der Waals surface area contributed by atoms with Gasteiger partial charge in [0.2, 0.25) is 20.0 Å². The molecule has 2 aliphatic rings. The first-order valence-electron chi connectivity index (χ1n) is 10.0. The van der Waals surface area contributed by atoms with Crippen molar-refractivity contribution < 1.29 is 34.8 Å². The molecule has 0 radical (unpaired) electrons. The van der Waals surface area contributed by atoms with Gasteiger partial charge in [-0.25, -0.2) is 27.1 Å². The number of benzene rings is 2. The molecule has 2 aromatic rings. The lowest BCUT2D eigenvalue weighted by molar-refractivity contribution is -0.186. The topological polar surface area (TPSA) is 153 Å². The fourth-order valence-corrected chi connectivity index (χ4v) is 4.83. The van der Waals surface area contributed by atoms with E-state index in [1.54, 1.807) is 12.1 Å². The molecule has 5 N–H and O–H groups in total. The van der Waals surface area contributed by atoms with Crippen molar-refractivity contribution >= 4 is 26.0 Å². The average Bonchev–Trinajstić information content (AvgIpc) is 2.76. The minimum Gasteiger partial charge on any atom is -0.330 e. The Bertz CT molecular complexity index is 1310.